The number of fused-ring (bicyclic) bond motifs is 1. The molecule has 3 aromatic rings. The summed E-state index contributed by atoms with van der Waals surface area (Å²) in [6, 6.07) is 11.4. The van der Waals surface area contributed by atoms with Crippen LogP contribution in [0.2, 0.25) is 0 Å². The van der Waals surface area contributed by atoms with Crippen molar-refractivity contribution in [2.45, 2.75) is 13.8 Å². The van der Waals surface area contributed by atoms with Crippen LogP contribution in [0.1, 0.15) is 21.5 Å². The molecule has 3 rings (SSSR count). The monoisotopic (exact) mass is 367 g/mol. The van der Waals surface area contributed by atoms with E-state index in [0.717, 1.165) is 11.1 Å². The van der Waals surface area contributed by atoms with E-state index in [-0.39, 0.29) is 23.5 Å². The highest BCUT2D eigenvalue weighted by Gasteiger charge is 2.12. The van der Waals surface area contributed by atoms with Crippen molar-refractivity contribution in [1.82, 2.24) is 0 Å². The van der Waals surface area contributed by atoms with Crippen LogP contribution >= 0.6 is 0 Å². The molecule has 0 radical (unpaired) electrons. The number of ether oxygens (including phenoxy) is 2. The number of rotatable bonds is 5. The number of nitrogens with two attached hydrogens (primary N) is 1. The third-order valence-corrected chi connectivity index (χ3v) is 3.76. The molecular weight excluding hydrogens is 350 g/mol. The van der Waals surface area contributed by atoms with E-state index in [0.29, 0.717) is 11.1 Å². The molecule has 2 aromatic carbocycles. The van der Waals surface area contributed by atoms with Gasteiger partial charge in [-0.3, -0.25) is 4.79 Å². The summed E-state index contributed by atoms with van der Waals surface area (Å²) in [5.74, 6) is -0.714. The molecule has 0 unspecified atom stereocenters. The van der Waals surface area contributed by atoms with Crippen molar-refractivity contribution in [2.24, 2.45) is 5.73 Å². The normalized spacial score (nSPS) is 10.6. The summed E-state index contributed by atoms with van der Waals surface area (Å²) in [4.78, 5) is 34.9. The largest absolute Gasteiger partial charge is 0.482 e. The molecule has 1 heterocycles. The summed E-state index contributed by atoms with van der Waals surface area (Å²) in [6.07, 6.45) is 0. The van der Waals surface area contributed by atoms with Gasteiger partial charge in [0.05, 0.1) is 0 Å². The van der Waals surface area contributed by atoms with E-state index in [9.17, 15) is 14.4 Å². The van der Waals surface area contributed by atoms with E-state index in [1.54, 1.807) is 6.07 Å². The van der Waals surface area contributed by atoms with Crippen molar-refractivity contribution in [3.8, 4) is 11.5 Å². The SMILES string of the molecule is Cc1cc(C)cc(OCC(=O)Oc2ccc3cc(C(N)=O)c(=O)oc3c2)c1. The van der Waals surface area contributed by atoms with Crippen LogP contribution < -0.4 is 20.8 Å². The van der Waals surface area contributed by atoms with Gasteiger partial charge in [-0.15, -0.1) is 0 Å². The molecule has 0 saturated carbocycles. The molecule has 138 valence electrons. The zero-order chi connectivity index (χ0) is 19.6. The van der Waals surface area contributed by atoms with Gasteiger partial charge in [0.2, 0.25) is 0 Å². The van der Waals surface area contributed by atoms with E-state index in [2.05, 4.69) is 0 Å². The maximum Gasteiger partial charge on any atom is 0.349 e. The third kappa shape index (κ3) is 4.33. The molecule has 0 aliphatic heterocycles. The zero-order valence-corrected chi connectivity index (χ0v) is 14.8. The fourth-order valence-corrected chi connectivity index (χ4v) is 2.65. The second kappa shape index (κ2) is 7.33. The number of carbonyl (C=O) groups excluding carboxylic acids is 2. The topological polar surface area (TPSA) is 109 Å². The van der Waals surface area contributed by atoms with Crippen LogP contribution in [0.4, 0.5) is 0 Å². The Kier molecular flexibility index (Phi) is 4.94. The quantitative estimate of drug-likeness (QED) is 0.422. The molecule has 0 bridgehead atoms. The molecule has 0 aliphatic rings. The number of aryl methyl sites for hydroxylation is 2. The van der Waals surface area contributed by atoms with Gasteiger partial charge in [-0.2, -0.15) is 0 Å². The molecule has 1 aromatic heterocycles. The van der Waals surface area contributed by atoms with E-state index in [4.69, 9.17) is 19.6 Å². The Morgan fingerprint density at radius 1 is 1.00 bits per heavy atom. The van der Waals surface area contributed by atoms with Crippen molar-refractivity contribution in [1.29, 1.82) is 0 Å². The number of benzene rings is 2. The minimum Gasteiger partial charge on any atom is -0.482 e. The highest BCUT2D eigenvalue weighted by atomic mass is 16.6. The molecule has 0 fully saturated rings. The predicted octanol–water partition coefficient (Wildman–Crippen LogP) is 2.49. The zero-order valence-electron chi connectivity index (χ0n) is 14.8. The molecule has 27 heavy (non-hydrogen) atoms. The number of hydrogen-bond acceptors (Lipinski definition) is 6. The molecule has 2 N–H and O–H groups in total. The predicted molar refractivity (Wildman–Crippen MR) is 98.0 cm³/mol. The lowest BCUT2D eigenvalue weighted by Gasteiger charge is -2.09. The van der Waals surface area contributed by atoms with Gasteiger partial charge >= 0.3 is 11.6 Å². The lowest BCUT2D eigenvalue weighted by molar-refractivity contribution is -0.136. The summed E-state index contributed by atoms with van der Waals surface area (Å²) in [5.41, 5.74) is 6.25. The molecule has 7 nitrogen and oxygen atoms in total. The lowest BCUT2D eigenvalue weighted by Crippen LogP contribution is -2.20. The van der Waals surface area contributed by atoms with Crippen molar-refractivity contribution in [2.75, 3.05) is 6.61 Å². The van der Waals surface area contributed by atoms with Gasteiger partial charge in [0, 0.05) is 11.5 Å². The Morgan fingerprint density at radius 2 is 1.70 bits per heavy atom. The number of esters is 1. The van der Waals surface area contributed by atoms with Crippen molar-refractivity contribution < 1.29 is 23.5 Å². The van der Waals surface area contributed by atoms with Gasteiger partial charge in [0.25, 0.3) is 5.91 Å². The fraction of sp³-hybridized carbons (Fsp3) is 0.150. The van der Waals surface area contributed by atoms with Crippen LogP contribution in [0, 0.1) is 13.8 Å². The Bertz CT molecular complexity index is 1080. The van der Waals surface area contributed by atoms with E-state index < -0.39 is 17.5 Å². The summed E-state index contributed by atoms with van der Waals surface area (Å²) < 4.78 is 15.7. The van der Waals surface area contributed by atoms with Crippen LogP contribution in [-0.2, 0) is 4.79 Å². The molecule has 0 saturated heterocycles. The van der Waals surface area contributed by atoms with E-state index >= 15 is 0 Å². The first-order valence-electron chi connectivity index (χ1n) is 8.11. The van der Waals surface area contributed by atoms with Gasteiger partial charge in [-0.05, 0) is 55.3 Å². The Morgan fingerprint density at radius 3 is 2.37 bits per heavy atom. The molecule has 0 atom stereocenters. The van der Waals surface area contributed by atoms with Crippen molar-refractivity contribution in [3.63, 3.8) is 0 Å². The molecule has 1 amide bonds. The minimum atomic E-state index is -0.871. The van der Waals surface area contributed by atoms with Crippen LogP contribution in [0.15, 0.2) is 51.7 Å². The summed E-state index contributed by atoms with van der Waals surface area (Å²) in [5, 5.41) is 0.481. The van der Waals surface area contributed by atoms with Gasteiger partial charge < -0.3 is 19.6 Å². The molecule has 7 heteroatoms. The van der Waals surface area contributed by atoms with Crippen LogP contribution in [-0.4, -0.2) is 18.5 Å². The average Bonchev–Trinajstić information content (AvgIpc) is 2.58. The number of primary amides is 1. The third-order valence-electron chi connectivity index (χ3n) is 3.76. The molecule has 0 aliphatic carbocycles. The number of carbonyl (C=O) groups is 2. The second-order valence-electron chi connectivity index (χ2n) is 6.10. The first-order chi connectivity index (χ1) is 12.8. The van der Waals surface area contributed by atoms with Gasteiger partial charge in [-0.25, -0.2) is 9.59 Å². The van der Waals surface area contributed by atoms with Gasteiger partial charge in [0.15, 0.2) is 6.61 Å². The Labute approximate surface area is 154 Å². The number of amides is 1. The lowest BCUT2D eigenvalue weighted by atomic mass is 10.1. The van der Waals surface area contributed by atoms with Crippen LogP contribution in [0.25, 0.3) is 11.0 Å². The Balaban J connectivity index is 1.72. The van der Waals surface area contributed by atoms with Crippen LogP contribution in [0.5, 0.6) is 11.5 Å². The Hall–Kier alpha value is -3.61. The van der Waals surface area contributed by atoms with Crippen molar-refractivity contribution >= 4 is 22.8 Å². The summed E-state index contributed by atoms with van der Waals surface area (Å²) in [7, 11) is 0. The second-order valence-corrected chi connectivity index (χ2v) is 6.10. The van der Waals surface area contributed by atoms with Gasteiger partial charge in [-0.1, -0.05) is 6.07 Å². The maximum absolute atomic E-state index is 12.0. The maximum atomic E-state index is 12.0. The first-order valence-corrected chi connectivity index (χ1v) is 8.11. The highest BCUT2D eigenvalue weighted by Crippen LogP contribution is 2.21. The summed E-state index contributed by atoms with van der Waals surface area (Å²) in [6.45, 7) is 3.60. The van der Waals surface area contributed by atoms with Crippen LogP contribution in [0.3, 0.4) is 0 Å². The van der Waals surface area contributed by atoms with Gasteiger partial charge in [0.1, 0.15) is 22.6 Å². The molecular formula is C20H17NO6. The standard InChI is InChI=1S/C20H17NO6/c1-11-5-12(2)7-15(6-11)25-10-18(22)26-14-4-3-13-8-16(19(21)23)20(24)27-17(13)9-14/h3-9H,10H2,1-2H3,(H2,21,23). The highest BCUT2D eigenvalue weighted by molar-refractivity contribution is 5.95. The van der Waals surface area contributed by atoms with E-state index in [1.807, 2.05) is 32.0 Å². The van der Waals surface area contributed by atoms with E-state index in [1.165, 1.54) is 18.2 Å². The average molecular weight is 367 g/mol. The first kappa shape index (κ1) is 18.2. The smallest absolute Gasteiger partial charge is 0.349 e. The van der Waals surface area contributed by atoms with Crippen molar-refractivity contribution in [3.05, 3.63) is 69.6 Å². The summed E-state index contributed by atoms with van der Waals surface area (Å²) >= 11 is 0. The fourth-order valence-electron chi connectivity index (χ4n) is 2.65. The number of hydrogen-bond donors (Lipinski definition) is 1. The minimum absolute atomic E-state index is 0.172. The molecule has 0 spiro atoms.